The normalized spacial score (nSPS) is 31.9. The van der Waals surface area contributed by atoms with Gasteiger partial charge in [-0.2, -0.15) is 0 Å². The van der Waals surface area contributed by atoms with Crippen molar-refractivity contribution in [3.8, 4) is 17.2 Å². The third kappa shape index (κ3) is 2.72. The van der Waals surface area contributed by atoms with E-state index in [0.29, 0.717) is 30.4 Å². The summed E-state index contributed by atoms with van der Waals surface area (Å²) >= 11 is 0. The van der Waals surface area contributed by atoms with Crippen molar-refractivity contribution in [1.82, 2.24) is 0 Å². The maximum atomic E-state index is 14.0. The quantitative estimate of drug-likeness (QED) is 0.611. The highest BCUT2D eigenvalue weighted by atomic mass is 16.6. The Kier molecular flexibility index (Phi) is 4.77. The molecule has 3 aliphatic carbocycles. The van der Waals surface area contributed by atoms with E-state index < -0.39 is 22.7 Å². The molecule has 6 rings (SSSR count). The molecule has 1 unspecified atom stereocenters. The van der Waals surface area contributed by atoms with Crippen LogP contribution in [0.25, 0.3) is 0 Å². The van der Waals surface area contributed by atoms with Crippen molar-refractivity contribution in [3.05, 3.63) is 52.1 Å². The zero-order valence-corrected chi connectivity index (χ0v) is 20.6. The molecular weight excluding hydrogens is 432 g/mol. The minimum atomic E-state index is -1.35. The van der Waals surface area contributed by atoms with Gasteiger partial charge in [0.05, 0.1) is 5.60 Å². The molecule has 2 heterocycles. The van der Waals surface area contributed by atoms with Gasteiger partial charge >= 0.3 is 0 Å². The molecule has 1 aromatic rings. The molecule has 1 spiro atoms. The highest BCUT2D eigenvalue weighted by Crippen LogP contribution is 2.68. The topological polar surface area (TPSA) is 93.1 Å². The second-order valence-corrected chi connectivity index (χ2v) is 11.1. The fourth-order valence-electron chi connectivity index (χ4n) is 6.48. The van der Waals surface area contributed by atoms with E-state index in [0.717, 1.165) is 11.1 Å². The Morgan fingerprint density at radius 2 is 1.76 bits per heavy atom. The highest BCUT2D eigenvalue weighted by molar-refractivity contribution is 6.18. The summed E-state index contributed by atoms with van der Waals surface area (Å²) in [6.45, 7) is 11.7. The monoisotopic (exact) mass is 464 g/mol. The lowest BCUT2D eigenvalue weighted by atomic mass is 9.51. The molecular formula is C28H32O6. The number of carbonyl (C=O) groups excluding carboxylic acids is 2. The second-order valence-electron chi connectivity index (χ2n) is 11.1. The van der Waals surface area contributed by atoms with E-state index in [4.69, 9.17) is 9.47 Å². The van der Waals surface area contributed by atoms with Gasteiger partial charge in [0.2, 0.25) is 0 Å². The summed E-state index contributed by atoms with van der Waals surface area (Å²) in [7, 11) is 0. The van der Waals surface area contributed by atoms with Crippen molar-refractivity contribution < 1.29 is 29.3 Å². The third-order valence-electron chi connectivity index (χ3n) is 7.95. The van der Waals surface area contributed by atoms with Crippen LogP contribution in [0.2, 0.25) is 0 Å². The number of hydrogen-bond acceptors (Lipinski definition) is 6. The maximum absolute atomic E-state index is 14.0. The number of phenols is 2. The average Bonchev–Trinajstić information content (AvgIpc) is 2.89. The zero-order valence-electron chi connectivity index (χ0n) is 20.6. The number of rotatable bonds is 4. The van der Waals surface area contributed by atoms with Crippen LogP contribution in [0, 0.1) is 11.8 Å². The first-order valence-electron chi connectivity index (χ1n) is 11.9. The van der Waals surface area contributed by atoms with E-state index in [2.05, 4.69) is 0 Å². The van der Waals surface area contributed by atoms with Crippen molar-refractivity contribution in [1.29, 1.82) is 0 Å². The molecule has 34 heavy (non-hydrogen) atoms. The summed E-state index contributed by atoms with van der Waals surface area (Å²) < 4.78 is 13.5. The van der Waals surface area contributed by atoms with Gasteiger partial charge in [-0.15, -0.1) is 0 Å². The number of Topliss-reactive ketones (excluding diaryl/α,β-unsaturated/α-hetero) is 2. The number of aromatic hydroxyl groups is 2. The summed E-state index contributed by atoms with van der Waals surface area (Å²) in [6, 6.07) is 1.20. The predicted molar refractivity (Wildman–Crippen MR) is 127 cm³/mol. The molecule has 5 aliphatic rings. The number of phenolic OH excluding ortho intramolecular Hbond substituents is 2. The number of ketones is 2. The molecule has 4 bridgehead atoms. The molecule has 6 heteroatoms. The molecule has 1 saturated heterocycles. The molecule has 4 atom stereocenters. The van der Waals surface area contributed by atoms with Crippen molar-refractivity contribution in [2.75, 3.05) is 0 Å². The van der Waals surface area contributed by atoms with Gasteiger partial charge in [-0.25, -0.2) is 0 Å². The van der Waals surface area contributed by atoms with Crippen molar-refractivity contribution in [2.24, 2.45) is 11.8 Å². The molecule has 0 amide bonds. The maximum Gasteiger partial charge on any atom is 0.200 e. The van der Waals surface area contributed by atoms with Gasteiger partial charge in [-0.05, 0) is 54.4 Å². The Morgan fingerprint density at radius 3 is 2.41 bits per heavy atom. The number of allylic oxidation sites excluding steroid dienone is 4. The first kappa shape index (κ1) is 22.9. The van der Waals surface area contributed by atoms with Crippen molar-refractivity contribution in [2.45, 2.75) is 77.6 Å². The van der Waals surface area contributed by atoms with Gasteiger partial charge in [0.15, 0.2) is 22.8 Å². The van der Waals surface area contributed by atoms with E-state index in [1.54, 1.807) is 6.08 Å². The predicted octanol–water partition coefficient (Wildman–Crippen LogP) is 4.97. The van der Waals surface area contributed by atoms with E-state index in [-0.39, 0.29) is 40.3 Å². The zero-order chi connectivity index (χ0) is 24.8. The van der Waals surface area contributed by atoms with Crippen LogP contribution in [-0.4, -0.2) is 38.6 Å². The Hall–Kier alpha value is -2.86. The number of benzene rings is 1. The van der Waals surface area contributed by atoms with Gasteiger partial charge < -0.3 is 19.7 Å². The Balaban J connectivity index is 1.81. The lowest BCUT2D eigenvalue weighted by molar-refractivity contribution is -0.171. The number of carbonyl (C=O) groups is 2. The van der Waals surface area contributed by atoms with Gasteiger partial charge in [-0.3, -0.25) is 9.59 Å². The lowest BCUT2D eigenvalue weighted by Gasteiger charge is -2.56. The van der Waals surface area contributed by atoms with Crippen LogP contribution in [0.3, 0.4) is 0 Å². The first-order chi connectivity index (χ1) is 15.9. The van der Waals surface area contributed by atoms with Gasteiger partial charge in [0.1, 0.15) is 22.8 Å². The molecule has 0 aromatic heterocycles. The second kappa shape index (κ2) is 7.08. The number of fused-ring (bicyclic) bond motifs is 1. The van der Waals surface area contributed by atoms with Crippen LogP contribution in [-0.2, 0) is 16.0 Å². The largest absolute Gasteiger partial charge is 0.507 e. The minimum absolute atomic E-state index is 0.0430. The molecule has 6 nitrogen and oxygen atoms in total. The van der Waals surface area contributed by atoms with E-state index in [9.17, 15) is 19.8 Å². The summed E-state index contributed by atoms with van der Waals surface area (Å²) in [5, 5.41) is 21.4. The van der Waals surface area contributed by atoms with Crippen LogP contribution in [0.5, 0.6) is 17.2 Å². The van der Waals surface area contributed by atoms with Gasteiger partial charge in [0, 0.05) is 35.5 Å². The Labute approximate surface area is 200 Å². The fourth-order valence-corrected chi connectivity index (χ4v) is 6.48. The van der Waals surface area contributed by atoms with Crippen LogP contribution < -0.4 is 4.74 Å². The lowest BCUT2D eigenvalue weighted by Crippen LogP contribution is -2.72. The van der Waals surface area contributed by atoms with E-state index >= 15 is 0 Å². The Morgan fingerprint density at radius 1 is 1.09 bits per heavy atom. The molecule has 0 radical (unpaired) electrons. The molecule has 1 saturated carbocycles. The average molecular weight is 465 g/mol. The van der Waals surface area contributed by atoms with Crippen molar-refractivity contribution >= 4 is 11.6 Å². The molecule has 2 N–H and O–H groups in total. The summed E-state index contributed by atoms with van der Waals surface area (Å²) in [5.41, 5.74) is -0.450. The SMILES string of the molecule is CC(C)=CCc1c(O)cc(O)c2c1O[C@@]13C(=C[C@H]4CC1C(C)(C)O[C@]3(CC=C(C)C)C4=O)C2=O. The smallest absolute Gasteiger partial charge is 0.200 e. The van der Waals surface area contributed by atoms with E-state index in [1.807, 2.05) is 53.7 Å². The molecule has 2 aliphatic heterocycles. The minimum Gasteiger partial charge on any atom is -0.507 e. The highest BCUT2D eigenvalue weighted by Gasteiger charge is 2.81. The van der Waals surface area contributed by atoms with E-state index in [1.165, 1.54) is 6.07 Å². The first-order valence-corrected chi connectivity index (χ1v) is 11.9. The Bertz CT molecular complexity index is 1220. The fraction of sp³-hybridized carbons (Fsp3) is 0.500. The van der Waals surface area contributed by atoms with Gasteiger partial charge in [-0.1, -0.05) is 29.4 Å². The third-order valence-corrected chi connectivity index (χ3v) is 7.95. The van der Waals surface area contributed by atoms with Crippen LogP contribution in [0.1, 0.15) is 70.3 Å². The summed E-state index contributed by atoms with van der Waals surface area (Å²) in [5.74, 6) is -1.43. The van der Waals surface area contributed by atoms with Crippen LogP contribution >= 0.6 is 0 Å². The van der Waals surface area contributed by atoms with Gasteiger partial charge in [0.25, 0.3) is 0 Å². The summed E-state index contributed by atoms with van der Waals surface area (Å²) in [6.07, 6.45) is 6.78. The number of hydrogen-bond donors (Lipinski definition) is 2. The molecule has 180 valence electrons. The molecule has 2 fully saturated rings. The van der Waals surface area contributed by atoms with Crippen LogP contribution in [0.4, 0.5) is 0 Å². The van der Waals surface area contributed by atoms with Crippen molar-refractivity contribution in [3.63, 3.8) is 0 Å². The summed E-state index contributed by atoms with van der Waals surface area (Å²) in [4.78, 5) is 27.9. The standard InChI is InChI=1S/C28H32O6/c1-14(2)7-8-17-19(29)13-20(30)22-23(31)18-11-16-12-21-26(5,6)34-27(25(16)32,10-9-15(3)4)28(18,21)33-24(17)22/h7,9,11,13,16,21,29-30H,8,10,12H2,1-6H3/t16-,21?,27+,28-/m0/s1. The van der Waals surface area contributed by atoms with Crippen LogP contribution in [0.15, 0.2) is 41.0 Å². The molecule has 1 aromatic carbocycles. The number of ether oxygens (including phenoxy) is 2.